The van der Waals surface area contributed by atoms with Gasteiger partial charge in [0.15, 0.2) is 0 Å². The lowest BCUT2D eigenvalue weighted by molar-refractivity contribution is -0.135. The first-order valence-electron chi connectivity index (χ1n) is 8.19. The van der Waals surface area contributed by atoms with E-state index >= 15 is 0 Å². The molecule has 0 spiro atoms. The average Bonchev–Trinajstić information content (AvgIpc) is 2.40. The monoisotopic (exact) mass is 355 g/mol. The van der Waals surface area contributed by atoms with Crippen molar-refractivity contribution in [1.29, 1.82) is 0 Å². The number of carbonyl (C=O) groups is 1. The maximum atomic E-state index is 12.7. The molecule has 1 atom stereocenters. The summed E-state index contributed by atoms with van der Waals surface area (Å²) in [6, 6.07) is 6.98. The van der Waals surface area contributed by atoms with Gasteiger partial charge in [0, 0.05) is 19.0 Å². The summed E-state index contributed by atoms with van der Waals surface area (Å²) in [5, 5.41) is 0. The highest BCUT2D eigenvalue weighted by molar-refractivity contribution is 7.86. The number of nitrogens with zero attached hydrogens (tertiary/aromatic N) is 1. The normalized spacial score (nSPS) is 13.4. The summed E-state index contributed by atoms with van der Waals surface area (Å²) in [6.07, 6.45) is 2.34. The van der Waals surface area contributed by atoms with E-state index in [0.29, 0.717) is 13.0 Å². The van der Waals surface area contributed by atoms with Crippen LogP contribution in [-0.2, 0) is 21.5 Å². The van der Waals surface area contributed by atoms with Gasteiger partial charge >= 0.3 is 10.1 Å². The molecule has 0 aliphatic carbocycles. The van der Waals surface area contributed by atoms with E-state index in [1.54, 1.807) is 18.2 Å². The summed E-state index contributed by atoms with van der Waals surface area (Å²) in [4.78, 5) is 14.5. The summed E-state index contributed by atoms with van der Waals surface area (Å²) in [5.41, 5.74) is 0.767. The van der Waals surface area contributed by atoms with E-state index < -0.39 is 10.1 Å². The van der Waals surface area contributed by atoms with Crippen LogP contribution in [0.3, 0.4) is 0 Å². The number of hydrogen-bond acceptors (Lipinski definition) is 4. The van der Waals surface area contributed by atoms with Gasteiger partial charge in [0.1, 0.15) is 5.75 Å². The number of rotatable bonds is 7. The molecule has 0 saturated heterocycles. The van der Waals surface area contributed by atoms with Gasteiger partial charge in [-0.1, -0.05) is 39.8 Å². The van der Waals surface area contributed by atoms with E-state index in [9.17, 15) is 13.2 Å². The van der Waals surface area contributed by atoms with Crippen LogP contribution in [0, 0.1) is 5.41 Å². The summed E-state index contributed by atoms with van der Waals surface area (Å²) in [5.74, 6) is 0.369. The quantitative estimate of drug-likeness (QED) is 0.701. The molecule has 0 unspecified atom stereocenters. The predicted octanol–water partition coefficient (Wildman–Crippen LogP) is 3.59. The summed E-state index contributed by atoms with van der Waals surface area (Å²) in [7, 11) is -3.56. The Morgan fingerprint density at radius 2 is 1.92 bits per heavy atom. The van der Waals surface area contributed by atoms with Crippen molar-refractivity contribution in [2.45, 2.75) is 60.0 Å². The zero-order valence-corrected chi connectivity index (χ0v) is 16.3. The SMILES string of the molecule is CC[C@H](C)N(Cc1cccc(OS(C)(=O)=O)c1)C(=O)CC(C)(C)C. The number of amides is 1. The topological polar surface area (TPSA) is 63.7 Å². The van der Waals surface area contributed by atoms with Crippen LogP contribution in [0.1, 0.15) is 53.0 Å². The maximum absolute atomic E-state index is 12.7. The Hall–Kier alpha value is -1.56. The van der Waals surface area contributed by atoms with Gasteiger partial charge in [-0.2, -0.15) is 8.42 Å². The van der Waals surface area contributed by atoms with Gasteiger partial charge in [-0.25, -0.2) is 0 Å². The second-order valence-corrected chi connectivity index (χ2v) is 9.03. The minimum absolute atomic E-state index is 0.0793. The minimum atomic E-state index is -3.56. The lowest BCUT2D eigenvalue weighted by Gasteiger charge is -2.31. The van der Waals surface area contributed by atoms with E-state index in [2.05, 4.69) is 0 Å². The molecule has 0 N–H and O–H groups in total. The van der Waals surface area contributed by atoms with Crippen LogP contribution in [-0.4, -0.2) is 31.5 Å². The van der Waals surface area contributed by atoms with Gasteiger partial charge < -0.3 is 9.08 Å². The molecule has 5 nitrogen and oxygen atoms in total. The Bertz CT molecular complexity index is 662. The van der Waals surface area contributed by atoms with Gasteiger partial charge in [-0.15, -0.1) is 0 Å². The van der Waals surface area contributed by atoms with Crippen LogP contribution in [0.25, 0.3) is 0 Å². The first-order chi connectivity index (χ1) is 10.9. The Labute approximate surface area is 146 Å². The van der Waals surface area contributed by atoms with Crippen molar-refractivity contribution >= 4 is 16.0 Å². The van der Waals surface area contributed by atoms with Crippen LogP contribution in [0.4, 0.5) is 0 Å². The molecule has 0 aromatic heterocycles. The third kappa shape index (κ3) is 7.34. The van der Waals surface area contributed by atoms with Gasteiger partial charge in [-0.05, 0) is 36.5 Å². The zero-order valence-electron chi connectivity index (χ0n) is 15.5. The summed E-state index contributed by atoms with van der Waals surface area (Å²) >= 11 is 0. The van der Waals surface area contributed by atoms with Gasteiger partial charge in [-0.3, -0.25) is 4.79 Å². The van der Waals surface area contributed by atoms with Crippen LogP contribution >= 0.6 is 0 Å². The minimum Gasteiger partial charge on any atom is -0.383 e. The average molecular weight is 356 g/mol. The molecular formula is C18H29NO4S. The van der Waals surface area contributed by atoms with E-state index in [4.69, 9.17) is 4.18 Å². The molecule has 24 heavy (non-hydrogen) atoms. The zero-order chi connectivity index (χ0) is 18.5. The van der Waals surface area contributed by atoms with Crippen LogP contribution in [0.15, 0.2) is 24.3 Å². The Kier molecular flexibility index (Phi) is 6.84. The predicted molar refractivity (Wildman–Crippen MR) is 96.3 cm³/mol. The first kappa shape index (κ1) is 20.5. The van der Waals surface area contributed by atoms with Crippen molar-refractivity contribution in [3.05, 3.63) is 29.8 Å². The third-order valence-electron chi connectivity index (χ3n) is 3.62. The van der Waals surface area contributed by atoms with E-state index in [0.717, 1.165) is 18.2 Å². The van der Waals surface area contributed by atoms with Crippen molar-refractivity contribution in [2.24, 2.45) is 5.41 Å². The number of carbonyl (C=O) groups excluding carboxylic acids is 1. The molecular weight excluding hydrogens is 326 g/mol. The molecule has 0 bridgehead atoms. The second-order valence-electron chi connectivity index (χ2n) is 7.45. The van der Waals surface area contributed by atoms with E-state index in [1.165, 1.54) is 0 Å². The fourth-order valence-electron chi connectivity index (χ4n) is 2.33. The van der Waals surface area contributed by atoms with Gasteiger partial charge in [0.2, 0.25) is 5.91 Å². The Balaban J connectivity index is 2.98. The van der Waals surface area contributed by atoms with Crippen LogP contribution in [0.2, 0.25) is 0 Å². The Morgan fingerprint density at radius 3 is 2.42 bits per heavy atom. The lowest BCUT2D eigenvalue weighted by atomic mass is 9.91. The van der Waals surface area contributed by atoms with E-state index in [-0.39, 0.29) is 23.1 Å². The molecule has 1 amide bonds. The molecule has 0 saturated carbocycles. The fraction of sp³-hybridized carbons (Fsp3) is 0.611. The molecule has 0 fully saturated rings. The highest BCUT2D eigenvalue weighted by Crippen LogP contribution is 2.23. The van der Waals surface area contributed by atoms with Crippen molar-refractivity contribution in [2.75, 3.05) is 6.26 Å². The third-order valence-corrected chi connectivity index (χ3v) is 4.12. The Morgan fingerprint density at radius 1 is 1.29 bits per heavy atom. The van der Waals surface area contributed by atoms with E-state index in [1.807, 2.05) is 45.6 Å². The first-order valence-corrected chi connectivity index (χ1v) is 10.0. The number of hydrogen-bond donors (Lipinski definition) is 0. The van der Waals surface area contributed by atoms with Crippen LogP contribution in [0.5, 0.6) is 5.75 Å². The molecule has 1 aromatic rings. The number of benzene rings is 1. The molecule has 0 aliphatic rings. The standard InChI is InChI=1S/C18H29NO4S/c1-7-14(2)19(17(20)12-18(3,4)5)13-15-9-8-10-16(11-15)23-24(6,21)22/h8-11,14H,7,12-13H2,1-6H3/t14-/m0/s1. The van der Waals surface area contributed by atoms with Gasteiger partial charge in [0.25, 0.3) is 0 Å². The molecule has 0 radical (unpaired) electrons. The molecule has 136 valence electrons. The smallest absolute Gasteiger partial charge is 0.306 e. The molecule has 1 aromatic carbocycles. The van der Waals surface area contributed by atoms with Crippen molar-refractivity contribution in [3.8, 4) is 5.75 Å². The van der Waals surface area contributed by atoms with Crippen molar-refractivity contribution in [1.82, 2.24) is 4.90 Å². The summed E-state index contributed by atoms with van der Waals surface area (Å²) < 4.78 is 27.5. The van der Waals surface area contributed by atoms with Crippen molar-refractivity contribution < 1.29 is 17.4 Å². The van der Waals surface area contributed by atoms with Gasteiger partial charge in [0.05, 0.1) is 6.26 Å². The molecule has 0 aliphatic heterocycles. The molecule has 6 heteroatoms. The fourth-order valence-corrected chi connectivity index (χ4v) is 2.79. The maximum Gasteiger partial charge on any atom is 0.306 e. The van der Waals surface area contributed by atoms with Crippen LogP contribution < -0.4 is 4.18 Å². The highest BCUT2D eigenvalue weighted by atomic mass is 32.2. The second kappa shape index (κ2) is 8.01. The lowest BCUT2D eigenvalue weighted by Crippen LogP contribution is -2.39. The molecule has 1 rings (SSSR count). The highest BCUT2D eigenvalue weighted by Gasteiger charge is 2.24. The largest absolute Gasteiger partial charge is 0.383 e. The molecule has 0 heterocycles. The van der Waals surface area contributed by atoms with Crippen molar-refractivity contribution in [3.63, 3.8) is 0 Å². The summed E-state index contributed by atoms with van der Waals surface area (Å²) in [6.45, 7) is 10.6.